The Balaban J connectivity index is 2.28. The first-order chi connectivity index (χ1) is 3.80. The lowest BCUT2D eigenvalue weighted by Gasteiger charge is -2.29. The van der Waals surface area contributed by atoms with Gasteiger partial charge in [0.05, 0.1) is 0 Å². The largest absolute Gasteiger partial charge is 0.346 e. The molecule has 0 aromatic rings. The summed E-state index contributed by atoms with van der Waals surface area (Å²) in [4.78, 5) is 2.43. The summed E-state index contributed by atoms with van der Waals surface area (Å²) in [7, 11) is 2.21. The van der Waals surface area contributed by atoms with E-state index in [4.69, 9.17) is 0 Å². The van der Waals surface area contributed by atoms with Gasteiger partial charge in [-0.1, -0.05) is 13.3 Å². The van der Waals surface area contributed by atoms with Crippen molar-refractivity contribution in [1.29, 1.82) is 0 Å². The van der Waals surface area contributed by atoms with Crippen molar-refractivity contribution in [2.75, 3.05) is 6.54 Å². The van der Waals surface area contributed by atoms with Crippen LogP contribution in [0, 0.1) is 0 Å². The minimum Gasteiger partial charge on any atom is -0.346 e. The highest BCUT2D eigenvalue weighted by Gasteiger charge is 2.11. The van der Waals surface area contributed by atoms with E-state index in [1.165, 1.54) is 25.8 Å². The summed E-state index contributed by atoms with van der Waals surface area (Å²) in [5, 5.41) is 0. The van der Waals surface area contributed by atoms with Crippen LogP contribution in [-0.4, -0.2) is 25.4 Å². The van der Waals surface area contributed by atoms with Gasteiger partial charge in [0.2, 0.25) is 0 Å². The van der Waals surface area contributed by atoms with Gasteiger partial charge in [-0.25, -0.2) is 0 Å². The van der Waals surface area contributed by atoms with E-state index in [1.807, 2.05) is 0 Å². The second kappa shape index (κ2) is 2.54. The van der Waals surface area contributed by atoms with Crippen LogP contribution in [0.5, 0.6) is 0 Å². The summed E-state index contributed by atoms with van der Waals surface area (Å²) in [6.45, 7) is 3.61. The molecule has 0 saturated carbocycles. The topological polar surface area (TPSA) is 3.24 Å². The van der Waals surface area contributed by atoms with E-state index >= 15 is 0 Å². The summed E-state index contributed by atoms with van der Waals surface area (Å²) in [5.41, 5.74) is 0. The van der Waals surface area contributed by atoms with Crippen molar-refractivity contribution in [2.45, 2.75) is 32.2 Å². The summed E-state index contributed by atoms with van der Waals surface area (Å²) in [6.07, 6.45) is 4.24. The Labute approximate surface area is 52.5 Å². The molecule has 2 heteroatoms. The lowest BCUT2D eigenvalue weighted by atomic mass is 10.0. The number of piperidine rings is 1. The van der Waals surface area contributed by atoms with Crippen molar-refractivity contribution in [1.82, 2.24) is 4.81 Å². The Morgan fingerprint density at radius 2 is 2.25 bits per heavy atom. The van der Waals surface area contributed by atoms with Crippen LogP contribution in [0.3, 0.4) is 0 Å². The quantitative estimate of drug-likeness (QED) is 0.409. The zero-order valence-corrected chi connectivity index (χ0v) is 5.85. The van der Waals surface area contributed by atoms with Gasteiger partial charge in [0.25, 0.3) is 0 Å². The zero-order chi connectivity index (χ0) is 5.98. The van der Waals surface area contributed by atoms with Gasteiger partial charge >= 0.3 is 0 Å². The van der Waals surface area contributed by atoms with Crippen LogP contribution in [0.2, 0.25) is 0 Å². The summed E-state index contributed by atoms with van der Waals surface area (Å²) in [6, 6.07) is 0.837. The first-order valence-electron chi connectivity index (χ1n) is 3.51. The third kappa shape index (κ3) is 1.25. The molecule has 1 heterocycles. The lowest BCUT2D eigenvalue weighted by molar-refractivity contribution is 0.280. The van der Waals surface area contributed by atoms with Gasteiger partial charge in [0.15, 0.2) is 7.98 Å². The van der Waals surface area contributed by atoms with Gasteiger partial charge < -0.3 is 4.81 Å². The molecule has 1 nitrogen and oxygen atoms in total. The van der Waals surface area contributed by atoms with Crippen LogP contribution >= 0.6 is 0 Å². The van der Waals surface area contributed by atoms with Gasteiger partial charge in [-0.3, -0.25) is 0 Å². The fraction of sp³-hybridized carbons (Fsp3) is 1.00. The molecular formula is C6H14BN. The van der Waals surface area contributed by atoms with Crippen molar-refractivity contribution in [3.8, 4) is 0 Å². The molecule has 0 aromatic heterocycles. The van der Waals surface area contributed by atoms with Crippen LogP contribution in [0.15, 0.2) is 0 Å². The third-order valence-electron chi connectivity index (χ3n) is 2.14. The van der Waals surface area contributed by atoms with Crippen molar-refractivity contribution >= 4 is 7.98 Å². The van der Waals surface area contributed by atoms with E-state index in [0.29, 0.717) is 0 Å². The van der Waals surface area contributed by atoms with E-state index < -0.39 is 0 Å². The van der Waals surface area contributed by atoms with E-state index in [9.17, 15) is 0 Å². The maximum Gasteiger partial charge on any atom is 0.185 e. The minimum absolute atomic E-state index is 0.837. The molecule has 0 bridgehead atoms. The normalized spacial score (nSPS) is 32.9. The predicted molar refractivity (Wildman–Crippen MR) is 38.6 cm³/mol. The molecule has 0 N–H and O–H groups in total. The third-order valence-corrected chi connectivity index (χ3v) is 2.14. The van der Waals surface area contributed by atoms with Gasteiger partial charge in [-0.05, 0) is 25.4 Å². The fourth-order valence-electron chi connectivity index (χ4n) is 1.24. The highest BCUT2D eigenvalue weighted by molar-refractivity contribution is 6.04. The molecule has 46 valence electrons. The van der Waals surface area contributed by atoms with Crippen molar-refractivity contribution in [2.24, 2.45) is 0 Å². The average Bonchev–Trinajstić information content (AvgIpc) is 1.77. The molecule has 0 aromatic carbocycles. The van der Waals surface area contributed by atoms with Crippen LogP contribution in [0.1, 0.15) is 26.2 Å². The summed E-state index contributed by atoms with van der Waals surface area (Å²) >= 11 is 0. The van der Waals surface area contributed by atoms with Crippen LogP contribution < -0.4 is 0 Å². The highest BCUT2D eigenvalue weighted by Crippen LogP contribution is 2.12. The second-order valence-corrected chi connectivity index (χ2v) is 2.83. The zero-order valence-electron chi connectivity index (χ0n) is 5.85. The van der Waals surface area contributed by atoms with Crippen molar-refractivity contribution in [3.63, 3.8) is 0 Å². The minimum atomic E-state index is 0.837. The Bertz CT molecular complexity index is 64.9. The molecule has 0 radical (unpaired) electrons. The molecule has 0 amide bonds. The van der Waals surface area contributed by atoms with E-state index in [0.717, 1.165) is 6.04 Å². The van der Waals surface area contributed by atoms with E-state index in [2.05, 4.69) is 19.7 Å². The molecule has 8 heavy (non-hydrogen) atoms. The van der Waals surface area contributed by atoms with Gasteiger partial charge in [-0.15, -0.1) is 0 Å². The van der Waals surface area contributed by atoms with Gasteiger partial charge in [0.1, 0.15) is 0 Å². The molecule has 1 aliphatic rings. The maximum atomic E-state index is 2.43. The highest BCUT2D eigenvalue weighted by atomic mass is 15.1. The molecule has 0 spiro atoms. The molecule has 1 aliphatic heterocycles. The Kier molecular flexibility index (Phi) is 1.95. The summed E-state index contributed by atoms with van der Waals surface area (Å²) < 4.78 is 0. The Hall–Kier alpha value is 0.0249. The standard InChI is InChI=1S/C6H14BN/c1-6-4-2-3-5-8(6)7/h6H,2-5,7H2,1H3. The Morgan fingerprint density at radius 3 is 2.62 bits per heavy atom. The molecular weight excluding hydrogens is 96.9 g/mol. The molecule has 0 aliphatic carbocycles. The van der Waals surface area contributed by atoms with E-state index in [1.54, 1.807) is 0 Å². The van der Waals surface area contributed by atoms with Crippen molar-refractivity contribution in [3.05, 3.63) is 0 Å². The predicted octanol–water partition coefficient (Wildman–Crippen LogP) is 0.409. The molecule has 1 atom stereocenters. The first-order valence-corrected chi connectivity index (χ1v) is 3.51. The van der Waals surface area contributed by atoms with Crippen LogP contribution in [-0.2, 0) is 0 Å². The number of hydrogen-bond donors (Lipinski definition) is 0. The molecule has 1 fully saturated rings. The number of nitrogens with zero attached hydrogens (tertiary/aromatic N) is 1. The Morgan fingerprint density at radius 1 is 1.50 bits per heavy atom. The summed E-state index contributed by atoms with van der Waals surface area (Å²) in [5.74, 6) is 0. The molecule has 1 unspecified atom stereocenters. The number of hydrogen-bond acceptors (Lipinski definition) is 1. The first kappa shape index (κ1) is 6.15. The fourth-order valence-corrected chi connectivity index (χ4v) is 1.24. The van der Waals surface area contributed by atoms with Gasteiger partial charge in [0, 0.05) is 0 Å². The van der Waals surface area contributed by atoms with E-state index in [-0.39, 0.29) is 0 Å². The molecule has 1 rings (SSSR count). The van der Waals surface area contributed by atoms with Crippen molar-refractivity contribution < 1.29 is 0 Å². The second-order valence-electron chi connectivity index (χ2n) is 2.83. The SMILES string of the molecule is BN1CCCCC1C. The monoisotopic (exact) mass is 111 g/mol. The van der Waals surface area contributed by atoms with Crippen LogP contribution in [0.25, 0.3) is 0 Å². The smallest absolute Gasteiger partial charge is 0.185 e. The van der Waals surface area contributed by atoms with Gasteiger partial charge in [-0.2, -0.15) is 0 Å². The maximum absolute atomic E-state index is 2.43. The van der Waals surface area contributed by atoms with Crippen LogP contribution in [0.4, 0.5) is 0 Å². The lowest BCUT2D eigenvalue weighted by Crippen LogP contribution is -2.34. The molecule has 1 saturated heterocycles. The average molecular weight is 111 g/mol. The number of rotatable bonds is 0.